The molecule has 0 bridgehead atoms. The van der Waals surface area contributed by atoms with Crippen molar-refractivity contribution in [3.05, 3.63) is 28.0 Å². The van der Waals surface area contributed by atoms with Gasteiger partial charge < -0.3 is 10.2 Å². The van der Waals surface area contributed by atoms with Gasteiger partial charge in [-0.1, -0.05) is 0 Å². The van der Waals surface area contributed by atoms with Gasteiger partial charge >= 0.3 is 5.88 Å². The summed E-state index contributed by atoms with van der Waals surface area (Å²) in [6.07, 6.45) is 2.17. The second-order valence-corrected chi connectivity index (χ2v) is 4.97. The summed E-state index contributed by atoms with van der Waals surface area (Å²) in [5.41, 5.74) is 5.89. The van der Waals surface area contributed by atoms with Crippen molar-refractivity contribution in [2.75, 3.05) is 13.1 Å². The molecular weight excluding hydrogens is 234 g/mol. The van der Waals surface area contributed by atoms with Crippen LogP contribution < -0.4 is 5.73 Å². The van der Waals surface area contributed by atoms with E-state index in [9.17, 15) is 10.1 Å². The highest BCUT2D eigenvalue weighted by atomic mass is 16.6. The molecule has 2 heterocycles. The topological polar surface area (TPSA) is 85.5 Å². The molecule has 1 fully saturated rings. The van der Waals surface area contributed by atoms with E-state index in [1.54, 1.807) is 6.07 Å². The minimum Gasteiger partial charge on any atom is -0.404 e. The van der Waals surface area contributed by atoms with Crippen molar-refractivity contribution in [1.82, 2.24) is 4.90 Å². The molecule has 6 nitrogen and oxygen atoms in total. The summed E-state index contributed by atoms with van der Waals surface area (Å²) in [6.45, 7) is 4.64. The highest BCUT2D eigenvalue weighted by Crippen LogP contribution is 2.22. The molecule has 1 unspecified atom stereocenters. The third-order valence-corrected chi connectivity index (χ3v) is 3.58. The Hall–Kier alpha value is -1.40. The fourth-order valence-electron chi connectivity index (χ4n) is 2.41. The molecule has 1 saturated heterocycles. The fraction of sp³-hybridized carbons (Fsp3) is 0.667. The molecule has 18 heavy (non-hydrogen) atoms. The second kappa shape index (κ2) is 5.49. The lowest BCUT2D eigenvalue weighted by molar-refractivity contribution is -0.402. The van der Waals surface area contributed by atoms with E-state index in [4.69, 9.17) is 10.2 Å². The molecule has 1 aliphatic heterocycles. The summed E-state index contributed by atoms with van der Waals surface area (Å²) >= 11 is 0. The van der Waals surface area contributed by atoms with Crippen LogP contribution in [0.1, 0.15) is 25.5 Å². The molecule has 2 rings (SSSR count). The van der Waals surface area contributed by atoms with Gasteiger partial charge in [0.25, 0.3) is 0 Å². The number of nitrogens with zero attached hydrogens (tertiary/aromatic N) is 2. The molecular formula is C12H19N3O3. The van der Waals surface area contributed by atoms with E-state index < -0.39 is 4.92 Å². The Kier molecular flexibility index (Phi) is 3.98. The van der Waals surface area contributed by atoms with Crippen LogP contribution >= 0.6 is 0 Å². The van der Waals surface area contributed by atoms with Crippen LogP contribution in [0.3, 0.4) is 0 Å². The van der Waals surface area contributed by atoms with E-state index in [0.29, 0.717) is 18.2 Å². The van der Waals surface area contributed by atoms with Gasteiger partial charge in [-0.15, -0.1) is 0 Å². The van der Waals surface area contributed by atoms with Gasteiger partial charge in [0, 0.05) is 6.04 Å². The zero-order valence-electron chi connectivity index (χ0n) is 10.5. The van der Waals surface area contributed by atoms with Crippen LogP contribution in [0.4, 0.5) is 5.88 Å². The van der Waals surface area contributed by atoms with E-state index in [-0.39, 0.29) is 11.9 Å². The van der Waals surface area contributed by atoms with Gasteiger partial charge in [0.05, 0.1) is 12.6 Å². The smallest absolute Gasteiger partial charge is 0.404 e. The zero-order valence-corrected chi connectivity index (χ0v) is 10.5. The Morgan fingerprint density at radius 3 is 2.72 bits per heavy atom. The second-order valence-electron chi connectivity index (χ2n) is 4.97. The van der Waals surface area contributed by atoms with E-state index in [2.05, 4.69) is 11.8 Å². The molecule has 6 heteroatoms. The monoisotopic (exact) mass is 253 g/mol. The largest absolute Gasteiger partial charge is 0.433 e. The van der Waals surface area contributed by atoms with Crippen LogP contribution in [0, 0.1) is 16.0 Å². The van der Waals surface area contributed by atoms with E-state index in [1.165, 1.54) is 6.07 Å². The quantitative estimate of drug-likeness (QED) is 0.652. The van der Waals surface area contributed by atoms with Crippen molar-refractivity contribution in [2.45, 2.75) is 32.4 Å². The minimum absolute atomic E-state index is 0.185. The van der Waals surface area contributed by atoms with Crippen molar-refractivity contribution in [2.24, 2.45) is 11.7 Å². The van der Waals surface area contributed by atoms with Gasteiger partial charge in [-0.25, -0.2) is 0 Å². The highest BCUT2D eigenvalue weighted by molar-refractivity contribution is 5.17. The summed E-state index contributed by atoms with van der Waals surface area (Å²) in [4.78, 5) is 12.3. The first kappa shape index (κ1) is 13.0. The number of hydrogen-bond acceptors (Lipinski definition) is 5. The SMILES string of the molecule is CC(N)C1CCN(Cc2ccc([N+](=O)[O-])o2)CC1. The maximum absolute atomic E-state index is 10.5. The maximum Gasteiger partial charge on any atom is 0.433 e. The third kappa shape index (κ3) is 3.08. The molecule has 1 aromatic heterocycles. The molecule has 1 atom stereocenters. The van der Waals surface area contributed by atoms with E-state index in [0.717, 1.165) is 25.9 Å². The average Bonchev–Trinajstić information content (AvgIpc) is 2.78. The van der Waals surface area contributed by atoms with Gasteiger partial charge in [-0.05, 0) is 44.8 Å². The Morgan fingerprint density at radius 1 is 1.56 bits per heavy atom. The molecule has 0 radical (unpaired) electrons. The van der Waals surface area contributed by atoms with Crippen molar-refractivity contribution >= 4 is 5.88 Å². The lowest BCUT2D eigenvalue weighted by Gasteiger charge is -2.33. The molecule has 2 N–H and O–H groups in total. The van der Waals surface area contributed by atoms with Gasteiger partial charge in [-0.3, -0.25) is 15.0 Å². The summed E-state index contributed by atoms with van der Waals surface area (Å²) in [6, 6.07) is 3.33. The van der Waals surface area contributed by atoms with Crippen molar-refractivity contribution in [1.29, 1.82) is 0 Å². The van der Waals surface area contributed by atoms with Gasteiger partial charge in [0.15, 0.2) is 0 Å². The Balaban J connectivity index is 1.85. The number of nitrogens with two attached hydrogens (primary N) is 1. The van der Waals surface area contributed by atoms with Crippen LogP contribution in [0.5, 0.6) is 0 Å². The average molecular weight is 253 g/mol. The maximum atomic E-state index is 10.5. The zero-order chi connectivity index (χ0) is 13.1. The number of furan rings is 1. The van der Waals surface area contributed by atoms with Crippen molar-refractivity contribution in [3.63, 3.8) is 0 Å². The summed E-state index contributed by atoms with van der Waals surface area (Å²) in [5, 5.41) is 10.5. The number of piperidine rings is 1. The first-order chi connectivity index (χ1) is 8.56. The Morgan fingerprint density at radius 2 is 2.22 bits per heavy atom. The van der Waals surface area contributed by atoms with Crippen LogP contribution in [0.25, 0.3) is 0 Å². The van der Waals surface area contributed by atoms with Gasteiger partial charge in [-0.2, -0.15) is 0 Å². The minimum atomic E-state index is -0.508. The Labute approximate surface area is 106 Å². The Bertz CT molecular complexity index is 408. The lowest BCUT2D eigenvalue weighted by atomic mass is 9.91. The molecule has 0 aromatic carbocycles. The first-order valence-electron chi connectivity index (χ1n) is 6.27. The van der Waals surface area contributed by atoms with Crippen molar-refractivity contribution in [3.8, 4) is 0 Å². The molecule has 0 aliphatic carbocycles. The molecule has 0 amide bonds. The normalized spacial score (nSPS) is 19.9. The third-order valence-electron chi connectivity index (χ3n) is 3.58. The first-order valence-corrected chi connectivity index (χ1v) is 6.27. The molecule has 0 spiro atoms. The molecule has 1 aromatic rings. The molecule has 100 valence electrons. The van der Waals surface area contributed by atoms with Crippen LogP contribution in [-0.4, -0.2) is 29.0 Å². The highest BCUT2D eigenvalue weighted by Gasteiger charge is 2.23. The van der Waals surface area contributed by atoms with Crippen molar-refractivity contribution < 1.29 is 9.34 Å². The molecule has 1 aliphatic rings. The van der Waals surface area contributed by atoms with Crippen LogP contribution in [0.15, 0.2) is 16.5 Å². The predicted octanol–water partition coefficient (Wildman–Crippen LogP) is 1.75. The van der Waals surface area contributed by atoms with Crippen LogP contribution in [0.2, 0.25) is 0 Å². The summed E-state index contributed by atoms with van der Waals surface area (Å²) < 4.78 is 5.16. The standard InChI is InChI=1S/C12H19N3O3/c1-9(13)10-4-6-14(7-5-10)8-11-2-3-12(18-11)15(16)17/h2-3,9-10H,4-8,13H2,1H3. The van der Waals surface area contributed by atoms with Gasteiger partial charge in [0.2, 0.25) is 0 Å². The lowest BCUT2D eigenvalue weighted by Crippen LogP contribution is -2.39. The number of rotatable bonds is 4. The summed E-state index contributed by atoms with van der Waals surface area (Å²) in [5.74, 6) is 1.06. The van der Waals surface area contributed by atoms with E-state index >= 15 is 0 Å². The molecule has 0 saturated carbocycles. The number of hydrogen-bond donors (Lipinski definition) is 1. The fourth-order valence-corrected chi connectivity index (χ4v) is 2.41. The number of likely N-dealkylation sites (tertiary alicyclic amines) is 1. The number of nitro groups is 1. The summed E-state index contributed by atoms with van der Waals surface area (Å²) in [7, 11) is 0. The van der Waals surface area contributed by atoms with Gasteiger partial charge in [0.1, 0.15) is 10.7 Å². The van der Waals surface area contributed by atoms with E-state index in [1.807, 2.05) is 0 Å². The predicted molar refractivity (Wildman–Crippen MR) is 67.0 cm³/mol. The van der Waals surface area contributed by atoms with Crippen LogP contribution in [-0.2, 0) is 6.54 Å².